The van der Waals surface area contributed by atoms with Gasteiger partial charge >= 0.3 is 0 Å². The lowest BCUT2D eigenvalue weighted by Crippen LogP contribution is -2.51. The van der Waals surface area contributed by atoms with Gasteiger partial charge < -0.3 is 21.3 Å². The fourth-order valence-electron chi connectivity index (χ4n) is 3.05. The molecule has 2 fully saturated rings. The van der Waals surface area contributed by atoms with Crippen LogP contribution in [-0.4, -0.2) is 42.4 Å². The molecule has 0 aromatic heterocycles. The lowest BCUT2D eigenvalue weighted by Gasteiger charge is -2.39. The van der Waals surface area contributed by atoms with Crippen molar-refractivity contribution in [3.05, 3.63) is 23.8 Å². The molecule has 1 atom stereocenters. The van der Waals surface area contributed by atoms with E-state index in [1.54, 1.807) is 12.1 Å². The third-order valence-corrected chi connectivity index (χ3v) is 4.16. The molecule has 0 spiro atoms. The van der Waals surface area contributed by atoms with E-state index in [4.69, 9.17) is 11.5 Å². The van der Waals surface area contributed by atoms with E-state index in [0.717, 1.165) is 31.7 Å². The number of amides is 2. The number of nitrogens with zero attached hydrogens (tertiary/aromatic N) is 2. The smallest absolute Gasteiger partial charge is 0.250 e. The summed E-state index contributed by atoms with van der Waals surface area (Å²) in [6, 6.07) is 5.63. The third-order valence-electron chi connectivity index (χ3n) is 4.16. The van der Waals surface area contributed by atoms with E-state index in [9.17, 15) is 9.59 Å². The third kappa shape index (κ3) is 2.07. The molecular weight excluding hydrogens is 256 g/mol. The fourth-order valence-corrected chi connectivity index (χ4v) is 3.05. The highest BCUT2D eigenvalue weighted by atomic mass is 16.2. The van der Waals surface area contributed by atoms with Gasteiger partial charge in [-0.25, -0.2) is 0 Å². The molecule has 1 aromatic carbocycles. The first kappa shape index (κ1) is 12.8. The van der Waals surface area contributed by atoms with E-state index >= 15 is 0 Å². The molecule has 4 N–H and O–H groups in total. The Bertz CT molecular complexity index is 572. The van der Waals surface area contributed by atoms with E-state index in [0.29, 0.717) is 17.7 Å². The van der Waals surface area contributed by atoms with Crippen molar-refractivity contribution in [1.82, 2.24) is 4.90 Å². The van der Waals surface area contributed by atoms with Crippen molar-refractivity contribution < 1.29 is 9.59 Å². The summed E-state index contributed by atoms with van der Waals surface area (Å²) in [5.74, 6) is -0.260. The van der Waals surface area contributed by atoms with Crippen molar-refractivity contribution in [2.45, 2.75) is 18.9 Å². The van der Waals surface area contributed by atoms with Crippen LogP contribution in [0.1, 0.15) is 23.2 Å². The van der Waals surface area contributed by atoms with Crippen LogP contribution in [0.4, 0.5) is 11.4 Å². The van der Waals surface area contributed by atoms with Gasteiger partial charge in [0.1, 0.15) is 0 Å². The van der Waals surface area contributed by atoms with Crippen LogP contribution in [0.15, 0.2) is 18.2 Å². The van der Waals surface area contributed by atoms with Crippen molar-refractivity contribution in [3.63, 3.8) is 0 Å². The van der Waals surface area contributed by atoms with Crippen LogP contribution in [0.2, 0.25) is 0 Å². The summed E-state index contributed by atoms with van der Waals surface area (Å²) in [5, 5.41) is 0. The number of hydrogen-bond donors (Lipinski definition) is 2. The quantitative estimate of drug-likeness (QED) is 0.752. The van der Waals surface area contributed by atoms with Gasteiger partial charge in [0.25, 0.3) is 5.91 Å². The predicted molar refractivity (Wildman–Crippen MR) is 76.3 cm³/mol. The molecule has 0 saturated carbocycles. The molecule has 106 valence electrons. The second kappa shape index (κ2) is 4.70. The molecular formula is C14H18N4O2. The van der Waals surface area contributed by atoms with Gasteiger partial charge in [0.05, 0.1) is 5.56 Å². The van der Waals surface area contributed by atoms with Crippen molar-refractivity contribution in [3.8, 4) is 0 Å². The van der Waals surface area contributed by atoms with Crippen molar-refractivity contribution in [2.24, 2.45) is 5.73 Å². The van der Waals surface area contributed by atoms with Crippen LogP contribution in [0, 0.1) is 0 Å². The van der Waals surface area contributed by atoms with Crippen molar-refractivity contribution in [1.29, 1.82) is 0 Å². The number of nitrogen functional groups attached to an aromatic ring is 1. The van der Waals surface area contributed by atoms with Crippen LogP contribution in [0.25, 0.3) is 0 Å². The molecule has 0 radical (unpaired) electrons. The number of carbonyl (C=O) groups excluding carboxylic acids is 2. The summed E-state index contributed by atoms with van der Waals surface area (Å²) in [5.41, 5.74) is 12.8. The molecule has 0 aliphatic carbocycles. The summed E-state index contributed by atoms with van der Waals surface area (Å²) < 4.78 is 0. The van der Waals surface area contributed by atoms with E-state index < -0.39 is 5.91 Å². The summed E-state index contributed by atoms with van der Waals surface area (Å²) in [6.45, 7) is 2.30. The largest absolute Gasteiger partial charge is 0.398 e. The summed E-state index contributed by atoms with van der Waals surface area (Å²) in [7, 11) is 0. The molecule has 2 saturated heterocycles. The Kier molecular flexibility index (Phi) is 3.00. The van der Waals surface area contributed by atoms with Crippen LogP contribution >= 0.6 is 0 Å². The molecule has 2 aliphatic heterocycles. The van der Waals surface area contributed by atoms with Crippen LogP contribution in [-0.2, 0) is 4.79 Å². The number of benzene rings is 1. The van der Waals surface area contributed by atoms with E-state index in [2.05, 4.69) is 4.90 Å². The lowest BCUT2D eigenvalue weighted by atomic mass is 10.1. The first-order valence-electron chi connectivity index (χ1n) is 6.80. The molecule has 6 nitrogen and oxygen atoms in total. The molecule has 0 bridgehead atoms. The Hall–Kier alpha value is -2.24. The number of rotatable bonds is 2. The fraction of sp³-hybridized carbons (Fsp3) is 0.429. The van der Waals surface area contributed by atoms with E-state index in [1.807, 2.05) is 11.0 Å². The Morgan fingerprint density at radius 3 is 2.85 bits per heavy atom. The molecule has 20 heavy (non-hydrogen) atoms. The number of fused-ring (bicyclic) bond motifs is 1. The molecule has 6 heteroatoms. The maximum Gasteiger partial charge on any atom is 0.250 e. The topological polar surface area (TPSA) is 92.7 Å². The van der Waals surface area contributed by atoms with Gasteiger partial charge in [-0.2, -0.15) is 0 Å². The van der Waals surface area contributed by atoms with Gasteiger partial charge in [-0.1, -0.05) is 0 Å². The number of piperazine rings is 1. The molecule has 2 aliphatic rings. The Morgan fingerprint density at radius 2 is 2.10 bits per heavy atom. The maximum atomic E-state index is 11.7. The van der Waals surface area contributed by atoms with Gasteiger partial charge in [0.15, 0.2) is 0 Å². The number of primary amides is 1. The minimum atomic E-state index is -0.515. The first-order chi connectivity index (χ1) is 9.56. The van der Waals surface area contributed by atoms with E-state index in [-0.39, 0.29) is 11.9 Å². The van der Waals surface area contributed by atoms with Gasteiger partial charge in [0, 0.05) is 43.5 Å². The number of hydrogen-bond acceptors (Lipinski definition) is 4. The normalized spacial score (nSPS) is 22.0. The second-order valence-electron chi connectivity index (χ2n) is 5.36. The van der Waals surface area contributed by atoms with Crippen LogP contribution in [0.3, 0.4) is 0 Å². The van der Waals surface area contributed by atoms with Gasteiger partial charge in [0.2, 0.25) is 5.91 Å². The zero-order valence-electron chi connectivity index (χ0n) is 11.2. The molecule has 2 heterocycles. The average Bonchev–Trinajstić information content (AvgIpc) is 2.80. The maximum absolute atomic E-state index is 11.7. The van der Waals surface area contributed by atoms with Gasteiger partial charge in [-0.3, -0.25) is 9.59 Å². The van der Waals surface area contributed by atoms with E-state index in [1.165, 1.54) is 0 Å². The monoisotopic (exact) mass is 274 g/mol. The number of carbonyl (C=O) groups is 2. The van der Waals surface area contributed by atoms with Crippen LogP contribution in [0.5, 0.6) is 0 Å². The molecule has 2 amide bonds. The Labute approximate surface area is 117 Å². The zero-order valence-corrected chi connectivity index (χ0v) is 11.2. The minimum Gasteiger partial charge on any atom is -0.398 e. The summed E-state index contributed by atoms with van der Waals surface area (Å²) in [6.07, 6.45) is 1.56. The highest BCUT2D eigenvalue weighted by Gasteiger charge is 2.35. The van der Waals surface area contributed by atoms with Crippen molar-refractivity contribution >= 4 is 23.2 Å². The Balaban J connectivity index is 1.82. The van der Waals surface area contributed by atoms with Crippen LogP contribution < -0.4 is 16.4 Å². The highest BCUT2D eigenvalue weighted by molar-refractivity contribution is 5.99. The number of nitrogens with two attached hydrogens (primary N) is 2. The SMILES string of the molecule is NC(=O)c1cc(N2CCN3C(=O)CCC3C2)ccc1N. The molecule has 3 rings (SSSR count). The zero-order chi connectivity index (χ0) is 14.3. The summed E-state index contributed by atoms with van der Waals surface area (Å²) >= 11 is 0. The minimum absolute atomic E-state index is 0.254. The van der Waals surface area contributed by atoms with Gasteiger partial charge in [-0.15, -0.1) is 0 Å². The highest BCUT2D eigenvalue weighted by Crippen LogP contribution is 2.28. The molecule has 1 aromatic rings. The van der Waals surface area contributed by atoms with Crippen molar-refractivity contribution in [2.75, 3.05) is 30.3 Å². The lowest BCUT2D eigenvalue weighted by molar-refractivity contribution is -0.129. The average molecular weight is 274 g/mol. The second-order valence-corrected chi connectivity index (χ2v) is 5.36. The first-order valence-corrected chi connectivity index (χ1v) is 6.80. The summed E-state index contributed by atoms with van der Waals surface area (Å²) in [4.78, 5) is 27.2. The standard InChI is InChI=1S/C14H18N4O2/c15-12-3-1-9(7-11(12)14(16)20)17-5-6-18-10(8-17)2-4-13(18)19/h1,3,7,10H,2,4-6,8,15H2,(H2,16,20). The molecule has 1 unspecified atom stereocenters. The van der Waals surface area contributed by atoms with Gasteiger partial charge in [-0.05, 0) is 24.6 Å². The Morgan fingerprint density at radius 1 is 1.30 bits per heavy atom. The number of anilines is 2. The predicted octanol–water partition coefficient (Wildman–Crippen LogP) is 0.179.